The van der Waals surface area contributed by atoms with Crippen LogP contribution < -0.4 is 10.5 Å². The number of sulfone groups is 1. The minimum Gasteiger partial charge on any atom is -0.497 e. The summed E-state index contributed by atoms with van der Waals surface area (Å²) in [5.41, 5.74) is 5.21. The highest BCUT2D eigenvalue weighted by atomic mass is 35.5. The van der Waals surface area contributed by atoms with E-state index in [-0.39, 0.29) is 22.2 Å². The molecule has 0 saturated carbocycles. The lowest BCUT2D eigenvalue weighted by Gasteiger charge is -2.06. The number of halogens is 1. The molecule has 0 fully saturated rings. The molecule has 0 aliphatic carbocycles. The van der Waals surface area contributed by atoms with Crippen molar-refractivity contribution in [3.63, 3.8) is 0 Å². The lowest BCUT2D eigenvalue weighted by atomic mass is 10.3. The molecule has 0 amide bonds. The Morgan fingerprint density at radius 1 is 1.47 bits per heavy atom. The third-order valence-electron chi connectivity index (χ3n) is 1.86. The van der Waals surface area contributed by atoms with Gasteiger partial charge in [0.15, 0.2) is 9.84 Å². The number of methoxy groups -OCH3 is 1. The Bertz CT molecular complexity index is 445. The summed E-state index contributed by atoms with van der Waals surface area (Å²) in [6.45, 7) is 0.0741. The molecule has 1 aromatic rings. The first kappa shape index (κ1) is 12.3. The molecule has 0 radical (unpaired) electrons. The molecular weight excluding hydrogens is 238 g/mol. The van der Waals surface area contributed by atoms with E-state index in [1.54, 1.807) is 6.07 Å². The van der Waals surface area contributed by atoms with Crippen LogP contribution in [0.2, 0.25) is 5.02 Å². The first-order valence-electron chi connectivity index (χ1n) is 4.27. The van der Waals surface area contributed by atoms with Crippen molar-refractivity contribution in [3.8, 4) is 5.75 Å². The number of ether oxygens (including phenoxy) is 1. The summed E-state index contributed by atoms with van der Waals surface area (Å²) < 4.78 is 28.2. The van der Waals surface area contributed by atoms with Gasteiger partial charge in [0, 0.05) is 12.6 Å². The lowest BCUT2D eigenvalue weighted by molar-refractivity contribution is 0.414. The second-order valence-electron chi connectivity index (χ2n) is 2.90. The summed E-state index contributed by atoms with van der Waals surface area (Å²) in [7, 11) is -1.89. The van der Waals surface area contributed by atoms with E-state index in [1.165, 1.54) is 19.2 Å². The summed E-state index contributed by atoms with van der Waals surface area (Å²) in [5.74, 6) is 0.408. The van der Waals surface area contributed by atoms with Crippen molar-refractivity contribution in [2.45, 2.75) is 4.90 Å². The van der Waals surface area contributed by atoms with Crippen LogP contribution >= 0.6 is 11.6 Å². The predicted molar refractivity (Wildman–Crippen MR) is 59.1 cm³/mol. The van der Waals surface area contributed by atoms with Crippen LogP contribution in [-0.4, -0.2) is 27.8 Å². The molecule has 6 heteroatoms. The van der Waals surface area contributed by atoms with E-state index in [9.17, 15) is 8.42 Å². The van der Waals surface area contributed by atoms with Crippen LogP contribution in [0.4, 0.5) is 0 Å². The second-order valence-corrected chi connectivity index (χ2v) is 5.39. The van der Waals surface area contributed by atoms with Crippen molar-refractivity contribution in [1.82, 2.24) is 0 Å². The molecule has 4 nitrogen and oxygen atoms in total. The van der Waals surface area contributed by atoms with Crippen molar-refractivity contribution >= 4 is 21.4 Å². The molecule has 1 aromatic carbocycles. The third kappa shape index (κ3) is 2.84. The van der Waals surface area contributed by atoms with Crippen molar-refractivity contribution in [1.29, 1.82) is 0 Å². The molecule has 84 valence electrons. The smallest absolute Gasteiger partial charge is 0.181 e. The van der Waals surface area contributed by atoms with Gasteiger partial charge in [-0.3, -0.25) is 0 Å². The first-order chi connectivity index (χ1) is 7.01. The van der Waals surface area contributed by atoms with Crippen LogP contribution in [0.1, 0.15) is 0 Å². The minimum absolute atomic E-state index is 0.0741. The number of benzene rings is 1. The van der Waals surface area contributed by atoms with E-state index in [0.717, 1.165) is 0 Å². The SMILES string of the molecule is COc1ccc(S(=O)(=O)CCN)c(Cl)c1. The Kier molecular flexibility index (Phi) is 3.96. The zero-order valence-electron chi connectivity index (χ0n) is 8.23. The van der Waals surface area contributed by atoms with Crippen LogP contribution in [0, 0.1) is 0 Å². The molecule has 0 atom stereocenters. The zero-order valence-corrected chi connectivity index (χ0v) is 9.81. The van der Waals surface area contributed by atoms with Gasteiger partial charge in [-0.1, -0.05) is 11.6 Å². The Morgan fingerprint density at radius 2 is 2.13 bits per heavy atom. The molecule has 0 aromatic heterocycles. The Morgan fingerprint density at radius 3 is 2.60 bits per heavy atom. The van der Waals surface area contributed by atoms with Crippen molar-refractivity contribution < 1.29 is 13.2 Å². The molecule has 0 spiro atoms. The van der Waals surface area contributed by atoms with Gasteiger partial charge in [-0.05, 0) is 12.1 Å². The van der Waals surface area contributed by atoms with Gasteiger partial charge in [-0.2, -0.15) is 0 Å². The summed E-state index contributed by atoms with van der Waals surface area (Å²) in [5, 5.41) is 0.155. The molecule has 0 aliphatic heterocycles. The molecule has 0 bridgehead atoms. The highest BCUT2D eigenvalue weighted by molar-refractivity contribution is 7.91. The van der Waals surface area contributed by atoms with Crippen molar-refractivity contribution in [2.24, 2.45) is 5.73 Å². The quantitative estimate of drug-likeness (QED) is 0.867. The van der Waals surface area contributed by atoms with Crippen LogP contribution in [0.25, 0.3) is 0 Å². The summed E-state index contributed by atoms with van der Waals surface area (Å²) in [6.07, 6.45) is 0. The zero-order chi connectivity index (χ0) is 11.5. The molecule has 1 rings (SSSR count). The first-order valence-corrected chi connectivity index (χ1v) is 6.30. The summed E-state index contributed by atoms with van der Waals surface area (Å²) in [6, 6.07) is 4.44. The lowest BCUT2D eigenvalue weighted by Crippen LogP contribution is -2.16. The minimum atomic E-state index is -3.38. The van der Waals surface area contributed by atoms with Gasteiger partial charge in [0.1, 0.15) is 5.75 Å². The van der Waals surface area contributed by atoms with Gasteiger partial charge in [0.05, 0.1) is 22.8 Å². The normalized spacial score (nSPS) is 11.4. The maximum atomic E-state index is 11.6. The maximum Gasteiger partial charge on any atom is 0.181 e. The monoisotopic (exact) mass is 249 g/mol. The third-order valence-corrected chi connectivity index (χ3v) is 4.08. The number of hydrogen-bond acceptors (Lipinski definition) is 4. The fraction of sp³-hybridized carbons (Fsp3) is 0.333. The van der Waals surface area contributed by atoms with Gasteiger partial charge < -0.3 is 10.5 Å². The predicted octanol–water partition coefficient (Wildman–Crippen LogP) is 1.08. The number of rotatable bonds is 4. The van der Waals surface area contributed by atoms with E-state index in [0.29, 0.717) is 5.75 Å². The fourth-order valence-electron chi connectivity index (χ4n) is 1.13. The molecule has 0 aliphatic rings. The molecule has 0 saturated heterocycles. The number of nitrogens with two attached hydrogens (primary N) is 1. The van der Waals surface area contributed by atoms with E-state index in [1.807, 2.05) is 0 Å². The Hall–Kier alpha value is -0.780. The van der Waals surface area contributed by atoms with Crippen molar-refractivity contribution in [2.75, 3.05) is 19.4 Å². The molecule has 0 heterocycles. The van der Waals surface area contributed by atoms with Crippen LogP contribution in [0.3, 0.4) is 0 Å². The number of hydrogen-bond donors (Lipinski definition) is 1. The average molecular weight is 250 g/mol. The van der Waals surface area contributed by atoms with Gasteiger partial charge in [0.25, 0.3) is 0 Å². The highest BCUT2D eigenvalue weighted by Crippen LogP contribution is 2.26. The Labute approximate surface area is 93.9 Å². The highest BCUT2D eigenvalue weighted by Gasteiger charge is 2.17. The largest absolute Gasteiger partial charge is 0.497 e. The van der Waals surface area contributed by atoms with Crippen LogP contribution in [-0.2, 0) is 9.84 Å². The van der Waals surface area contributed by atoms with Gasteiger partial charge in [-0.25, -0.2) is 8.42 Å². The molecule has 15 heavy (non-hydrogen) atoms. The fourth-order valence-corrected chi connectivity index (χ4v) is 2.81. The summed E-state index contributed by atoms with van der Waals surface area (Å²) >= 11 is 5.83. The van der Waals surface area contributed by atoms with Gasteiger partial charge in [-0.15, -0.1) is 0 Å². The van der Waals surface area contributed by atoms with E-state index in [4.69, 9.17) is 22.1 Å². The Balaban J connectivity index is 3.16. The second kappa shape index (κ2) is 4.83. The standard InChI is InChI=1S/C9H12ClNO3S/c1-14-7-2-3-9(8(10)6-7)15(12,13)5-4-11/h2-3,6H,4-5,11H2,1H3. The summed E-state index contributed by atoms with van der Waals surface area (Å²) in [4.78, 5) is 0.0930. The molecular formula is C9H12ClNO3S. The van der Waals surface area contributed by atoms with Gasteiger partial charge >= 0.3 is 0 Å². The van der Waals surface area contributed by atoms with E-state index in [2.05, 4.69) is 0 Å². The van der Waals surface area contributed by atoms with Crippen molar-refractivity contribution in [3.05, 3.63) is 23.2 Å². The topological polar surface area (TPSA) is 69.4 Å². The maximum absolute atomic E-state index is 11.6. The van der Waals surface area contributed by atoms with Gasteiger partial charge in [0.2, 0.25) is 0 Å². The average Bonchev–Trinajstić information content (AvgIpc) is 2.17. The van der Waals surface area contributed by atoms with E-state index < -0.39 is 9.84 Å². The van der Waals surface area contributed by atoms with Crippen LogP contribution in [0.15, 0.2) is 23.1 Å². The molecule has 0 unspecified atom stereocenters. The molecule has 2 N–H and O–H groups in total. The van der Waals surface area contributed by atoms with E-state index >= 15 is 0 Å². The van der Waals surface area contributed by atoms with Crippen LogP contribution in [0.5, 0.6) is 5.75 Å².